The highest BCUT2D eigenvalue weighted by atomic mass is 16.3. The van der Waals surface area contributed by atoms with Crippen LogP contribution in [-0.4, -0.2) is 11.7 Å². The van der Waals surface area contributed by atoms with Crippen molar-refractivity contribution in [1.29, 1.82) is 0 Å². The van der Waals surface area contributed by atoms with E-state index in [1.807, 2.05) is 0 Å². The number of aliphatic hydroxyl groups is 1. The van der Waals surface area contributed by atoms with Gasteiger partial charge in [0.2, 0.25) is 0 Å². The molecule has 0 aromatic heterocycles. The third-order valence-electron chi connectivity index (χ3n) is 3.86. The van der Waals surface area contributed by atoms with Gasteiger partial charge in [0.1, 0.15) is 0 Å². The summed E-state index contributed by atoms with van der Waals surface area (Å²) in [6.45, 7) is 6.70. The minimum atomic E-state index is 0.180. The lowest BCUT2D eigenvalue weighted by atomic mass is 9.91. The van der Waals surface area contributed by atoms with Gasteiger partial charge in [-0.05, 0) is 36.0 Å². The normalized spacial score (nSPS) is 12.7. The van der Waals surface area contributed by atoms with Gasteiger partial charge in [-0.15, -0.1) is 0 Å². The van der Waals surface area contributed by atoms with Gasteiger partial charge in [0, 0.05) is 5.92 Å². The smallest absolute Gasteiger partial charge is 0.0502 e. The SMILES string of the molecule is Cc1cccc(C(CO)Cc2ccc(C(C)C)cc2)c1. The maximum Gasteiger partial charge on any atom is 0.0502 e. The number of rotatable bonds is 5. The second-order valence-electron chi connectivity index (χ2n) is 5.89. The highest BCUT2D eigenvalue weighted by Crippen LogP contribution is 2.23. The first-order valence-corrected chi connectivity index (χ1v) is 7.36. The molecule has 106 valence electrons. The van der Waals surface area contributed by atoms with E-state index in [9.17, 15) is 5.11 Å². The summed E-state index contributed by atoms with van der Waals surface area (Å²) < 4.78 is 0. The Bertz CT molecular complexity index is 540. The summed E-state index contributed by atoms with van der Waals surface area (Å²) in [7, 11) is 0. The predicted octanol–water partition coefficient (Wildman–Crippen LogP) is 4.44. The third kappa shape index (κ3) is 3.71. The Morgan fingerprint density at radius 2 is 1.65 bits per heavy atom. The molecule has 0 aliphatic rings. The van der Waals surface area contributed by atoms with Crippen LogP contribution in [0.25, 0.3) is 0 Å². The molecule has 1 unspecified atom stereocenters. The standard InChI is InChI=1S/C19H24O/c1-14(2)17-9-7-16(8-10-17)12-19(13-20)18-6-4-5-15(3)11-18/h4-11,14,19-20H,12-13H2,1-3H3. The van der Waals surface area contributed by atoms with Crippen LogP contribution in [0.4, 0.5) is 0 Å². The Balaban J connectivity index is 2.14. The van der Waals surface area contributed by atoms with Crippen molar-refractivity contribution in [2.24, 2.45) is 0 Å². The van der Waals surface area contributed by atoms with Crippen LogP contribution in [0.15, 0.2) is 48.5 Å². The number of aliphatic hydroxyl groups excluding tert-OH is 1. The fourth-order valence-electron chi connectivity index (χ4n) is 2.54. The third-order valence-corrected chi connectivity index (χ3v) is 3.86. The molecule has 0 heterocycles. The van der Waals surface area contributed by atoms with Crippen molar-refractivity contribution in [3.63, 3.8) is 0 Å². The highest BCUT2D eigenvalue weighted by molar-refractivity contribution is 5.30. The average molecular weight is 268 g/mol. The molecule has 1 nitrogen and oxygen atoms in total. The number of aryl methyl sites for hydroxylation is 1. The Morgan fingerprint density at radius 1 is 0.950 bits per heavy atom. The first-order valence-electron chi connectivity index (χ1n) is 7.36. The first kappa shape index (κ1) is 14.8. The van der Waals surface area contributed by atoms with Gasteiger partial charge in [0.25, 0.3) is 0 Å². The molecule has 20 heavy (non-hydrogen) atoms. The summed E-state index contributed by atoms with van der Waals surface area (Å²) in [6.07, 6.45) is 0.887. The maximum absolute atomic E-state index is 9.67. The van der Waals surface area contributed by atoms with Crippen LogP contribution in [0.3, 0.4) is 0 Å². The molecular formula is C19H24O. The molecule has 1 atom stereocenters. The fraction of sp³-hybridized carbons (Fsp3) is 0.368. The average Bonchev–Trinajstić information content (AvgIpc) is 2.45. The van der Waals surface area contributed by atoms with Gasteiger partial charge in [0.15, 0.2) is 0 Å². The summed E-state index contributed by atoms with van der Waals surface area (Å²) >= 11 is 0. The number of benzene rings is 2. The quantitative estimate of drug-likeness (QED) is 0.850. The molecule has 2 rings (SSSR count). The Morgan fingerprint density at radius 3 is 2.20 bits per heavy atom. The summed E-state index contributed by atoms with van der Waals surface area (Å²) in [5.74, 6) is 0.745. The molecule has 0 aliphatic heterocycles. The molecule has 1 heteroatoms. The summed E-state index contributed by atoms with van der Waals surface area (Å²) in [4.78, 5) is 0. The zero-order valence-electron chi connectivity index (χ0n) is 12.6. The van der Waals surface area contributed by atoms with Crippen LogP contribution in [0.1, 0.15) is 47.9 Å². The first-order chi connectivity index (χ1) is 9.60. The van der Waals surface area contributed by atoms with Crippen LogP contribution < -0.4 is 0 Å². The van der Waals surface area contributed by atoms with Gasteiger partial charge in [-0.3, -0.25) is 0 Å². The Kier molecular flexibility index (Phi) is 4.97. The zero-order valence-corrected chi connectivity index (χ0v) is 12.6. The van der Waals surface area contributed by atoms with Gasteiger partial charge in [-0.25, -0.2) is 0 Å². The molecule has 2 aromatic rings. The monoisotopic (exact) mass is 268 g/mol. The molecule has 0 saturated heterocycles. The van der Waals surface area contributed by atoms with Crippen molar-refractivity contribution in [2.45, 2.75) is 39.0 Å². The molecule has 0 radical (unpaired) electrons. The lowest BCUT2D eigenvalue weighted by molar-refractivity contribution is 0.264. The summed E-state index contributed by atoms with van der Waals surface area (Å²) in [6, 6.07) is 17.2. The van der Waals surface area contributed by atoms with Gasteiger partial charge >= 0.3 is 0 Å². The van der Waals surface area contributed by atoms with Gasteiger partial charge in [-0.1, -0.05) is 67.9 Å². The zero-order chi connectivity index (χ0) is 14.5. The van der Waals surface area contributed by atoms with E-state index in [4.69, 9.17) is 0 Å². The van der Waals surface area contributed by atoms with Crippen LogP contribution in [0.5, 0.6) is 0 Å². The van der Waals surface area contributed by atoms with E-state index in [1.54, 1.807) is 0 Å². The maximum atomic E-state index is 9.67. The second kappa shape index (κ2) is 6.71. The molecule has 0 spiro atoms. The predicted molar refractivity (Wildman–Crippen MR) is 85.2 cm³/mol. The van der Waals surface area contributed by atoms with Crippen LogP contribution in [0.2, 0.25) is 0 Å². The lowest BCUT2D eigenvalue weighted by Crippen LogP contribution is -2.08. The Labute approximate surface area is 122 Å². The van der Waals surface area contributed by atoms with E-state index >= 15 is 0 Å². The molecule has 0 saturated carbocycles. The van der Waals surface area contributed by atoms with Crippen molar-refractivity contribution < 1.29 is 5.11 Å². The van der Waals surface area contributed by atoms with Crippen molar-refractivity contribution in [3.05, 3.63) is 70.8 Å². The van der Waals surface area contributed by atoms with Crippen molar-refractivity contribution in [2.75, 3.05) is 6.61 Å². The summed E-state index contributed by atoms with van der Waals surface area (Å²) in [5.41, 5.74) is 5.12. The molecule has 1 N–H and O–H groups in total. The summed E-state index contributed by atoms with van der Waals surface area (Å²) in [5, 5.41) is 9.67. The van der Waals surface area contributed by atoms with Crippen LogP contribution in [-0.2, 0) is 6.42 Å². The van der Waals surface area contributed by atoms with Crippen molar-refractivity contribution >= 4 is 0 Å². The van der Waals surface area contributed by atoms with Gasteiger partial charge < -0.3 is 5.11 Å². The molecular weight excluding hydrogens is 244 g/mol. The van der Waals surface area contributed by atoms with E-state index in [0.717, 1.165) is 6.42 Å². The van der Waals surface area contributed by atoms with Gasteiger partial charge in [-0.2, -0.15) is 0 Å². The van der Waals surface area contributed by atoms with Crippen LogP contribution in [0, 0.1) is 6.92 Å². The highest BCUT2D eigenvalue weighted by Gasteiger charge is 2.11. The minimum Gasteiger partial charge on any atom is -0.396 e. The van der Waals surface area contributed by atoms with E-state index in [-0.39, 0.29) is 12.5 Å². The number of hydrogen-bond donors (Lipinski definition) is 1. The van der Waals surface area contributed by atoms with E-state index in [0.29, 0.717) is 5.92 Å². The lowest BCUT2D eigenvalue weighted by Gasteiger charge is -2.16. The molecule has 0 bridgehead atoms. The second-order valence-corrected chi connectivity index (χ2v) is 5.89. The Hall–Kier alpha value is -1.60. The van der Waals surface area contributed by atoms with Crippen molar-refractivity contribution in [3.8, 4) is 0 Å². The van der Waals surface area contributed by atoms with E-state index in [1.165, 1.54) is 22.3 Å². The fourth-order valence-corrected chi connectivity index (χ4v) is 2.54. The molecule has 0 amide bonds. The van der Waals surface area contributed by atoms with E-state index in [2.05, 4.69) is 69.3 Å². The van der Waals surface area contributed by atoms with Crippen LogP contribution >= 0.6 is 0 Å². The van der Waals surface area contributed by atoms with Gasteiger partial charge in [0.05, 0.1) is 6.61 Å². The number of hydrogen-bond acceptors (Lipinski definition) is 1. The van der Waals surface area contributed by atoms with Crippen molar-refractivity contribution in [1.82, 2.24) is 0 Å². The minimum absolute atomic E-state index is 0.180. The largest absolute Gasteiger partial charge is 0.396 e. The molecule has 0 aliphatic carbocycles. The molecule has 2 aromatic carbocycles. The molecule has 0 fully saturated rings. The van der Waals surface area contributed by atoms with E-state index < -0.39 is 0 Å². The topological polar surface area (TPSA) is 20.2 Å².